The lowest BCUT2D eigenvalue weighted by Crippen LogP contribution is -2.47. The van der Waals surface area contributed by atoms with Gasteiger partial charge in [-0.3, -0.25) is 9.59 Å². The molecule has 0 aromatic heterocycles. The predicted octanol–water partition coefficient (Wildman–Crippen LogP) is 3.44. The third-order valence-corrected chi connectivity index (χ3v) is 4.29. The van der Waals surface area contributed by atoms with Crippen LogP contribution in [-0.2, 0) is 15.0 Å². The van der Waals surface area contributed by atoms with Gasteiger partial charge in [0.1, 0.15) is 11.9 Å². The third kappa shape index (κ3) is 6.37. The van der Waals surface area contributed by atoms with Gasteiger partial charge in [0.15, 0.2) is 0 Å². The van der Waals surface area contributed by atoms with Crippen LogP contribution in [0.3, 0.4) is 0 Å². The lowest BCUT2D eigenvalue weighted by Gasteiger charge is -2.26. The fourth-order valence-electron chi connectivity index (χ4n) is 2.54. The van der Waals surface area contributed by atoms with Gasteiger partial charge in [-0.25, -0.2) is 4.39 Å². The van der Waals surface area contributed by atoms with Crippen LogP contribution >= 0.6 is 0 Å². The van der Waals surface area contributed by atoms with E-state index in [1.165, 1.54) is 18.2 Å². The van der Waals surface area contributed by atoms with Crippen molar-refractivity contribution < 1.29 is 14.0 Å². The minimum Gasteiger partial charge on any atom is -0.353 e. The predicted molar refractivity (Wildman–Crippen MR) is 106 cm³/mol. The Balaban J connectivity index is 1.86. The molecule has 0 saturated heterocycles. The fourth-order valence-corrected chi connectivity index (χ4v) is 2.54. The van der Waals surface area contributed by atoms with Crippen molar-refractivity contribution in [3.05, 3.63) is 77.6 Å². The molecule has 0 bridgehead atoms. The molecule has 2 rings (SSSR count). The Bertz CT molecular complexity index is 816. The summed E-state index contributed by atoms with van der Waals surface area (Å²) in [7, 11) is 0. The number of nitrogens with one attached hydrogen (secondary N) is 2. The van der Waals surface area contributed by atoms with Crippen LogP contribution < -0.4 is 10.6 Å². The molecule has 5 heteroatoms. The minimum atomic E-state index is -0.679. The lowest BCUT2D eigenvalue weighted by atomic mass is 9.84. The van der Waals surface area contributed by atoms with Crippen LogP contribution in [0.5, 0.6) is 0 Å². The first-order chi connectivity index (χ1) is 12.8. The first-order valence-corrected chi connectivity index (χ1v) is 8.85. The summed E-state index contributed by atoms with van der Waals surface area (Å²) >= 11 is 0. The van der Waals surface area contributed by atoms with Crippen LogP contribution in [0.4, 0.5) is 4.39 Å². The standard InChI is InChI=1S/C22H25FN2O2/c1-16(25-20(26)13-12-17-8-5-4-6-9-17)21(27)24-15-22(2,3)18-10-7-11-19(23)14-18/h4-14,16H,15H2,1-3H3,(H,24,27)(H,25,26)/b13-12+. The molecular formula is C22H25FN2O2. The largest absolute Gasteiger partial charge is 0.353 e. The minimum absolute atomic E-state index is 0.291. The Hall–Kier alpha value is -2.95. The van der Waals surface area contributed by atoms with Crippen molar-refractivity contribution in [1.82, 2.24) is 10.6 Å². The molecule has 2 aromatic rings. The maximum atomic E-state index is 13.4. The maximum absolute atomic E-state index is 13.4. The first kappa shape index (κ1) is 20.4. The Labute approximate surface area is 159 Å². The van der Waals surface area contributed by atoms with E-state index in [0.717, 1.165) is 11.1 Å². The van der Waals surface area contributed by atoms with Crippen molar-refractivity contribution in [3.63, 3.8) is 0 Å². The molecule has 27 heavy (non-hydrogen) atoms. The molecule has 1 unspecified atom stereocenters. The summed E-state index contributed by atoms with van der Waals surface area (Å²) in [5.74, 6) is -0.940. The number of carbonyl (C=O) groups excluding carboxylic acids is 2. The van der Waals surface area contributed by atoms with E-state index >= 15 is 0 Å². The zero-order valence-electron chi connectivity index (χ0n) is 15.8. The van der Waals surface area contributed by atoms with E-state index in [1.54, 1.807) is 19.1 Å². The summed E-state index contributed by atoms with van der Waals surface area (Å²) in [6.45, 7) is 5.80. The normalized spacial score (nSPS) is 12.6. The third-order valence-electron chi connectivity index (χ3n) is 4.29. The molecule has 0 heterocycles. The van der Waals surface area contributed by atoms with Crippen LogP contribution in [0.2, 0.25) is 0 Å². The highest BCUT2D eigenvalue weighted by atomic mass is 19.1. The average Bonchev–Trinajstić information content (AvgIpc) is 2.65. The van der Waals surface area contributed by atoms with Crippen molar-refractivity contribution in [1.29, 1.82) is 0 Å². The molecule has 142 valence electrons. The highest BCUT2D eigenvalue weighted by Crippen LogP contribution is 2.22. The van der Waals surface area contributed by atoms with Gasteiger partial charge in [0.05, 0.1) is 0 Å². The molecule has 0 aliphatic heterocycles. The molecule has 0 fully saturated rings. The van der Waals surface area contributed by atoms with Crippen molar-refractivity contribution in [2.75, 3.05) is 6.54 Å². The van der Waals surface area contributed by atoms with Gasteiger partial charge in [0.2, 0.25) is 11.8 Å². The Kier molecular flexibility index (Phi) is 6.88. The van der Waals surface area contributed by atoms with Crippen LogP contribution in [-0.4, -0.2) is 24.4 Å². The quantitative estimate of drug-likeness (QED) is 0.736. The van der Waals surface area contributed by atoms with Crippen LogP contribution in [0.1, 0.15) is 31.9 Å². The molecule has 4 nitrogen and oxygen atoms in total. The molecule has 0 spiro atoms. The van der Waals surface area contributed by atoms with Gasteiger partial charge >= 0.3 is 0 Å². The number of hydrogen-bond acceptors (Lipinski definition) is 2. The van der Waals surface area contributed by atoms with Crippen molar-refractivity contribution in [2.24, 2.45) is 0 Å². The molecule has 1 atom stereocenters. The highest BCUT2D eigenvalue weighted by molar-refractivity contribution is 5.95. The number of amides is 2. The molecule has 0 saturated carbocycles. The molecular weight excluding hydrogens is 343 g/mol. The van der Waals surface area contributed by atoms with Crippen molar-refractivity contribution in [2.45, 2.75) is 32.2 Å². The van der Waals surface area contributed by atoms with Gasteiger partial charge in [-0.05, 0) is 36.3 Å². The number of benzene rings is 2. The zero-order valence-corrected chi connectivity index (χ0v) is 15.8. The van der Waals surface area contributed by atoms with Crippen molar-refractivity contribution >= 4 is 17.9 Å². The molecule has 2 aromatic carbocycles. The summed E-state index contributed by atoms with van der Waals surface area (Å²) in [5.41, 5.74) is 1.27. The number of halogens is 1. The summed E-state index contributed by atoms with van der Waals surface area (Å²) in [6, 6.07) is 15.1. The van der Waals surface area contributed by atoms with E-state index in [1.807, 2.05) is 50.2 Å². The highest BCUT2D eigenvalue weighted by Gasteiger charge is 2.23. The Morgan fingerprint density at radius 1 is 1.11 bits per heavy atom. The summed E-state index contributed by atoms with van der Waals surface area (Å²) < 4.78 is 13.4. The lowest BCUT2D eigenvalue weighted by molar-refractivity contribution is -0.126. The van der Waals surface area contributed by atoms with Gasteiger partial charge in [0, 0.05) is 18.0 Å². The second-order valence-corrected chi connectivity index (χ2v) is 7.09. The van der Waals surface area contributed by atoms with E-state index in [-0.39, 0.29) is 17.6 Å². The number of rotatable bonds is 7. The summed E-state index contributed by atoms with van der Waals surface area (Å²) in [4.78, 5) is 24.2. The van der Waals surface area contributed by atoms with E-state index in [0.29, 0.717) is 6.54 Å². The Morgan fingerprint density at radius 2 is 1.81 bits per heavy atom. The van der Waals surface area contributed by atoms with Gasteiger partial charge in [-0.1, -0.05) is 56.3 Å². The second kappa shape index (κ2) is 9.12. The molecule has 2 N–H and O–H groups in total. The molecule has 2 amide bonds. The summed E-state index contributed by atoms with van der Waals surface area (Å²) in [5, 5.41) is 5.46. The maximum Gasteiger partial charge on any atom is 0.244 e. The van der Waals surface area contributed by atoms with E-state index in [4.69, 9.17) is 0 Å². The van der Waals surface area contributed by atoms with E-state index in [2.05, 4.69) is 10.6 Å². The zero-order chi connectivity index (χ0) is 19.9. The van der Waals surface area contributed by atoms with Crippen LogP contribution in [0.15, 0.2) is 60.7 Å². The molecule has 0 aliphatic carbocycles. The van der Waals surface area contributed by atoms with Gasteiger partial charge in [-0.2, -0.15) is 0 Å². The van der Waals surface area contributed by atoms with Crippen LogP contribution in [0.25, 0.3) is 6.08 Å². The fraction of sp³-hybridized carbons (Fsp3) is 0.273. The molecule has 0 aliphatic rings. The average molecular weight is 368 g/mol. The monoisotopic (exact) mass is 368 g/mol. The number of hydrogen-bond donors (Lipinski definition) is 2. The van der Waals surface area contributed by atoms with E-state index in [9.17, 15) is 14.0 Å². The Morgan fingerprint density at radius 3 is 2.48 bits per heavy atom. The van der Waals surface area contributed by atoms with Crippen molar-refractivity contribution in [3.8, 4) is 0 Å². The van der Waals surface area contributed by atoms with Crippen LogP contribution in [0, 0.1) is 5.82 Å². The van der Waals surface area contributed by atoms with Gasteiger partial charge < -0.3 is 10.6 Å². The van der Waals surface area contributed by atoms with E-state index < -0.39 is 11.5 Å². The summed E-state index contributed by atoms with van der Waals surface area (Å²) in [6.07, 6.45) is 3.09. The topological polar surface area (TPSA) is 58.2 Å². The SMILES string of the molecule is CC(NC(=O)/C=C/c1ccccc1)C(=O)NCC(C)(C)c1cccc(F)c1. The number of carbonyl (C=O) groups is 2. The second-order valence-electron chi connectivity index (χ2n) is 7.09. The van der Waals surface area contributed by atoms with Gasteiger partial charge in [-0.15, -0.1) is 0 Å². The smallest absolute Gasteiger partial charge is 0.244 e. The van der Waals surface area contributed by atoms with Gasteiger partial charge in [0.25, 0.3) is 0 Å². The molecule has 0 radical (unpaired) electrons. The first-order valence-electron chi connectivity index (χ1n) is 8.85.